The van der Waals surface area contributed by atoms with Gasteiger partial charge in [-0.2, -0.15) is 0 Å². The van der Waals surface area contributed by atoms with Gasteiger partial charge in [0.25, 0.3) is 0 Å². The lowest BCUT2D eigenvalue weighted by Crippen LogP contribution is -2.35. The van der Waals surface area contributed by atoms with Gasteiger partial charge in [0.15, 0.2) is 5.76 Å². The molecular weight excluding hydrogens is 288 g/mol. The number of fused-ring (bicyclic) bond motifs is 1. The molecule has 0 radical (unpaired) electrons. The van der Waals surface area contributed by atoms with Gasteiger partial charge in [-0.15, -0.1) is 0 Å². The first-order valence-corrected chi connectivity index (χ1v) is 8.34. The summed E-state index contributed by atoms with van der Waals surface area (Å²) in [6.07, 6.45) is 3.52. The van der Waals surface area contributed by atoms with Crippen molar-refractivity contribution < 1.29 is 4.52 Å². The van der Waals surface area contributed by atoms with Crippen LogP contribution in [-0.2, 0) is 13.0 Å². The molecule has 3 aromatic rings. The van der Waals surface area contributed by atoms with Crippen LogP contribution in [0, 0.1) is 12.8 Å². The first-order chi connectivity index (χ1) is 11.3. The van der Waals surface area contributed by atoms with E-state index >= 15 is 0 Å². The van der Waals surface area contributed by atoms with Gasteiger partial charge in [-0.25, -0.2) is 4.98 Å². The molecule has 3 heterocycles. The maximum Gasteiger partial charge on any atom is 0.150 e. The fourth-order valence-electron chi connectivity index (χ4n) is 3.55. The minimum atomic E-state index is 0.647. The second-order valence-electron chi connectivity index (χ2n) is 6.58. The Morgan fingerprint density at radius 3 is 3.09 bits per heavy atom. The van der Waals surface area contributed by atoms with Gasteiger partial charge in [0.1, 0.15) is 5.82 Å². The molecule has 0 amide bonds. The number of hydrogen-bond acceptors (Lipinski definition) is 4. The van der Waals surface area contributed by atoms with Gasteiger partial charge in [-0.1, -0.05) is 17.3 Å². The minimum absolute atomic E-state index is 0.647. The Morgan fingerprint density at radius 1 is 1.35 bits per heavy atom. The van der Waals surface area contributed by atoms with Gasteiger partial charge in [0.05, 0.1) is 23.3 Å². The van der Waals surface area contributed by atoms with E-state index in [1.165, 1.54) is 12.8 Å². The molecule has 0 aliphatic carbocycles. The molecule has 23 heavy (non-hydrogen) atoms. The molecule has 1 aromatic carbocycles. The number of nitrogens with zero attached hydrogens (tertiary/aromatic N) is 3. The van der Waals surface area contributed by atoms with Crippen LogP contribution in [0.2, 0.25) is 0 Å². The average Bonchev–Trinajstić information content (AvgIpc) is 3.13. The van der Waals surface area contributed by atoms with Crippen LogP contribution in [0.25, 0.3) is 11.0 Å². The molecule has 5 heteroatoms. The zero-order valence-electron chi connectivity index (χ0n) is 13.5. The number of para-hydroxylation sites is 2. The number of likely N-dealkylation sites (tertiary alicyclic amines) is 1. The summed E-state index contributed by atoms with van der Waals surface area (Å²) >= 11 is 0. The van der Waals surface area contributed by atoms with E-state index in [2.05, 4.69) is 27.2 Å². The maximum atomic E-state index is 5.35. The van der Waals surface area contributed by atoms with Gasteiger partial charge < -0.3 is 9.51 Å². The average molecular weight is 310 g/mol. The highest BCUT2D eigenvalue weighted by molar-refractivity contribution is 5.74. The molecule has 2 aromatic heterocycles. The van der Waals surface area contributed by atoms with Crippen LogP contribution >= 0.6 is 0 Å². The predicted octanol–water partition coefficient (Wildman–Crippen LogP) is 3.31. The summed E-state index contributed by atoms with van der Waals surface area (Å²) < 4.78 is 5.35. The lowest BCUT2D eigenvalue weighted by molar-refractivity contribution is 0.151. The molecule has 0 spiro atoms. The molecule has 5 nitrogen and oxygen atoms in total. The Bertz CT molecular complexity index is 758. The van der Waals surface area contributed by atoms with E-state index in [0.29, 0.717) is 5.92 Å². The minimum Gasteiger partial charge on any atom is -0.360 e. The molecule has 1 saturated heterocycles. The highest BCUT2D eigenvalue weighted by Crippen LogP contribution is 2.22. The van der Waals surface area contributed by atoms with Gasteiger partial charge in [-0.05, 0) is 44.4 Å². The van der Waals surface area contributed by atoms with E-state index in [9.17, 15) is 0 Å². The molecular formula is C18H22N4O. The lowest BCUT2D eigenvalue weighted by Gasteiger charge is -2.31. The Kier molecular flexibility index (Phi) is 3.87. The molecule has 0 bridgehead atoms. The molecule has 120 valence electrons. The normalized spacial score (nSPS) is 19.4. The molecule has 1 aliphatic rings. The van der Waals surface area contributed by atoms with Crippen molar-refractivity contribution in [2.75, 3.05) is 13.1 Å². The highest BCUT2D eigenvalue weighted by atomic mass is 16.5. The summed E-state index contributed by atoms with van der Waals surface area (Å²) in [6.45, 7) is 5.05. The van der Waals surface area contributed by atoms with E-state index in [-0.39, 0.29) is 0 Å². The molecule has 1 aliphatic heterocycles. The SMILES string of the molecule is Cc1cc(CN2CCC[C@@H](Cc3nc4ccccc4[nH]3)C2)on1. The van der Waals surface area contributed by atoms with E-state index < -0.39 is 0 Å². The van der Waals surface area contributed by atoms with E-state index in [1.54, 1.807) is 0 Å². The van der Waals surface area contributed by atoms with Crippen molar-refractivity contribution in [2.24, 2.45) is 5.92 Å². The van der Waals surface area contributed by atoms with Gasteiger partial charge in [0.2, 0.25) is 0 Å². The van der Waals surface area contributed by atoms with Crippen LogP contribution in [0.4, 0.5) is 0 Å². The summed E-state index contributed by atoms with van der Waals surface area (Å²) in [7, 11) is 0. The highest BCUT2D eigenvalue weighted by Gasteiger charge is 2.22. The summed E-state index contributed by atoms with van der Waals surface area (Å²) in [6, 6.07) is 10.3. The van der Waals surface area contributed by atoms with Crippen LogP contribution in [0.1, 0.15) is 30.1 Å². The van der Waals surface area contributed by atoms with E-state index in [4.69, 9.17) is 9.51 Å². The molecule has 0 unspecified atom stereocenters. The second-order valence-corrected chi connectivity index (χ2v) is 6.58. The first-order valence-electron chi connectivity index (χ1n) is 8.34. The fraction of sp³-hybridized carbons (Fsp3) is 0.444. The Morgan fingerprint density at radius 2 is 2.26 bits per heavy atom. The number of hydrogen-bond donors (Lipinski definition) is 1. The number of benzene rings is 1. The Balaban J connectivity index is 1.40. The monoisotopic (exact) mass is 310 g/mol. The summed E-state index contributed by atoms with van der Waals surface area (Å²) in [5, 5.41) is 3.98. The summed E-state index contributed by atoms with van der Waals surface area (Å²) in [5.41, 5.74) is 3.15. The molecule has 1 atom stereocenters. The van der Waals surface area contributed by atoms with Crippen molar-refractivity contribution in [3.8, 4) is 0 Å². The number of nitrogens with one attached hydrogen (secondary N) is 1. The largest absolute Gasteiger partial charge is 0.360 e. The Labute approximate surface area is 135 Å². The summed E-state index contributed by atoms with van der Waals surface area (Å²) in [5.74, 6) is 2.72. The van der Waals surface area contributed by atoms with E-state index in [0.717, 1.165) is 54.4 Å². The third-order valence-corrected chi connectivity index (χ3v) is 4.58. The van der Waals surface area contributed by atoms with Crippen LogP contribution in [0.3, 0.4) is 0 Å². The van der Waals surface area contributed by atoms with Crippen LogP contribution in [0.15, 0.2) is 34.9 Å². The fourth-order valence-corrected chi connectivity index (χ4v) is 3.55. The lowest BCUT2D eigenvalue weighted by atomic mass is 9.94. The maximum absolute atomic E-state index is 5.35. The second kappa shape index (κ2) is 6.16. The molecule has 1 fully saturated rings. The number of piperidine rings is 1. The smallest absolute Gasteiger partial charge is 0.150 e. The number of H-pyrrole nitrogens is 1. The van der Waals surface area contributed by atoms with Crippen LogP contribution in [0.5, 0.6) is 0 Å². The number of aryl methyl sites for hydroxylation is 1. The van der Waals surface area contributed by atoms with E-state index in [1.807, 2.05) is 25.1 Å². The zero-order chi connectivity index (χ0) is 15.6. The van der Waals surface area contributed by atoms with Gasteiger partial charge in [0, 0.05) is 19.0 Å². The molecule has 0 saturated carbocycles. The number of rotatable bonds is 4. The first kappa shape index (κ1) is 14.5. The van der Waals surface area contributed by atoms with Crippen LogP contribution < -0.4 is 0 Å². The topological polar surface area (TPSA) is 58.0 Å². The predicted molar refractivity (Wildman–Crippen MR) is 89.0 cm³/mol. The number of aromatic amines is 1. The molecule has 4 rings (SSSR count). The third kappa shape index (κ3) is 3.29. The summed E-state index contributed by atoms with van der Waals surface area (Å²) in [4.78, 5) is 10.6. The van der Waals surface area contributed by atoms with Crippen molar-refractivity contribution in [3.05, 3.63) is 47.6 Å². The van der Waals surface area contributed by atoms with Crippen LogP contribution in [-0.4, -0.2) is 33.1 Å². The van der Waals surface area contributed by atoms with Crippen molar-refractivity contribution >= 4 is 11.0 Å². The zero-order valence-corrected chi connectivity index (χ0v) is 13.5. The van der Waals surface area contributed by atoms with Gasteiger partial charge >= 0.3 is 0 Å². The van der Waals surface area contributed by atoms with Crippen molar-refractivity contribution in [1.29, 1.82) is 0 Å². The van der Waals surface area contributed by atoms with Crippen molar-refractivity contribution in [2.45, 2.75) is 32.7 Å². The third-order valence-electron chi connectivity index (χ3n) is 4.58. The van der Waals surface area contributed by atoms with Crippen molar-refractivity contribution in [1.82, 2.24) is 20.0 Å². The van der Waals surface area contributed by atoms with Crippen molar-refractivity contribution in [3.63, 3.8) is 0 Å². The standard InChI is InChI=1S/C18H22N4O/c1-13-9-15(23-21-13)12-22-8-4-5-14(11-22)10-18-19-16-6-2-3-7-17(16)20-18/h2-3,6-7,9,14H,4-5,8,10-12H2,1H3,(H,19,20)/t14-/m0/s1. The Hall–Kier alpha value is -2.14. The number of aromatic nitrogens is 3. The number of imidazole rings is 1. The van der Waals surface area contributed by atoms with Gasteiger partial charge in [-0.3, -0.25) is 4.90 Å². The quantitative estimate of drug-likeness (QED) is 0.803. The molecule has 1 N–H and O–H groups in total.